The first kappa shape index (κ1) is 12.8. The Morgan fingerprint density at radius 3 is 2.39 bits per heavy atom. The van der Waals surface area contributed by atoms with Crippen LogP contribution >= 0.6 is 15.9 Å². The quantitative estimate of drug-likeness (QED) is 0.909. The van der Waals surface area contributed by atoms with Crippen molar-refractivity contribution < 1.29 is 13.2 Å². The van der Waals surface area contributed by atoms with E-state index in [2.05, 4.69) is 31.2 Å². The summed E-state index contributed by atoms with van der Waals surface area (Å²) in [7, 11) is 0. The lowest BCUT2D eigenvalue weighted by molar-refractivity contribution is -0.137. The predicted molar refractivity (Wildman–Crippen MR) is 64.5 cm³/mol. The molecule has 3 nitrogen and oxygen atoms in total. The van der Waals surface area contributed by atoms with Crippen LogP contribution in [0.15, 0.2) is 41.1 Å². The fourth-order valence-electron chi connectivity index (χ4n) is 1.28. The number of hydrogen-bond donors (Lipinski definition) is 1. The number of nitrogens with zero attached hydrogens (tertiary/aromatic N) is 2. The van der Waals surface area contributed by atoms with Crippen LogP contribution in [0.2, 0.25) is 0 Å². The van der Waals surface area contributed by atoms with Crippen LogP contribution in [0, 0.1) is 0 Å². The fraction of sp³-hybridized carbons (Fsp3) is 0.0909. The highest BCUT2D eigenvalue weighted by Crippen LogP contribution is 2.31. The standard InChI is InChI=1S/C11H7BrF3N3/c12-8-5-16-10(17-6-8)18-9-3-1-2-7(4-9)11(13,14)15/h1-6H,(H,16,17,18). The van der Waals surface area contributed by atoms with Crippen molar-refractivity contribution in [3.05, 3.63) is 46.7 Å². The third-order valence-electron chi connectivity index (χ3n) is 2.07. The zero-order valence-corrected chi connectivity index (χ0v) is 10.5. The van der Waals surface area contributed by atoms with Gasteiger partial charge in [-0.2, -0.15) is 13.2 Å². The molecule has 1 heterocycles. The van der Waals surface area contributed by atoms with Gasteiger partial charge in [0.2, 0.25) is 5.95 Å². The van der Waals surface area contributed by atoms with Crippen LogP contribution in [0.5, 0.6) is 0 Å². The second-order valence-electron chi connectivity index (χ2n) is 3.43. The van der Waals surface area contributed by atoms with Gasteiger partial charge in [-0.1, -0.05) is 6.07 Å². The highest BCUT2D eigenvalue weighted by Gasteiger charge is 2.30. The van der Waals surface area contributed by atoms with Crippen molar-refractivity contribution in [1.29, 1.82) is 0 Å². The molecule has 0 amide bonds. The summed E-state index contributed by atoms with van der Waals surface area (Å²) in [4.78, 5) is 7.83. The molecule has 2 rings (SSSR count). The Morgan fingerprint density at radius 2 is 1.78 bits per heavy atom. The van der Waals surface area contributed by atoms with Gasteiger partial charge in [-0.25, -0.2) is 9.97 Å². The van der Waals surface area contributed by atoms with Gasteiger partial charge < -0.3 is 5.32 Å². The lowest BCUT2D eigenvalue weighted by Crippen LogP contribution is -2.05. The highest BCUT2D eigenvalue weighted by molar-refractivity contribution is 9.10. The van der Waals surface area contributed by atoms with Crippen LogP contribution in [0.25, 0.3) is 0 Å². The molecular weight excluding hydrogens is 311 g/mol. The molecule has 0 radical (unpaired) electrons. The maximum absolute atomic E-state index is 12.5. The number of anilines is 2. The molecule has 0 saturated carbocycles. The van der Waals surface area contributed by atoms with Crippen molar-refractivity contribution >= 4 is 27.6 Å². The molecule has 2 aromatic rings. The van der Waals surface area contributed by atoms with Crippen LogP contribution < -0.4 is 5.32 Å². The highest BCUT2D eigenvalue weighted by atomic mass is 79.9. The summed E-state index contributed by atoms with van der Waals surface area (Å²) in [5.41, 5.74) is -0.434. The summed E-state index contributed by atoms with van der Waals surface area (Å²) in [6, 6.07) is 4.85. The van der Waals surface area contributed by atoms with Crippen molar-refractivity contribution in [1.82, 2.24) is 9.97 Å². The Hall–Kier alpha value is -1.63. The first-order chi connectivity index (χ1) is 8.45. The summed E-state index contributed by atoms with van der Waals surface area (Å²) < 4.78 is 38.2. The topological polar surface area (TPSA) is 37.8 Å². The number of rotatable bonds is 2. The molecule has 0 saturated heterocycles. The molecule has 1 aromatic heterocycles. The molecular formula is C11H7BrF3N3. The molecule has 0 aliphatic carbocycles. The van der Waals surface area contributed by atoms with Crippen LogP contribution in [0.3, 0.4) is 0 Å². The minimum Gasteiger partial charge on any atom is -0.324 e. The number of benzene rings is 1. The minimum absolute atomic E-state index is 0.234. The molecule has 1 aromatic carbocycles. The fourth-order valence-corrected chi connectivity index (χ4v) is 1.48. The monoisotopic (exact) mass is 317 g/mol. The van der Waals surface area contributed by atoms with Gasteiger partial charge in [0.25, 0.3) is 0 Å². The number of halogens is 4. The zero-order valence-electron chi connectivity index (χ0n) is 8.87. The summed E-state index contributed by atoms with van der Waals surface area (Å²) in [6.07, 6.45) is -1.36. The van der Waals surface area contributed by atoms with E-state index in [1.807, 2.05) is 0 Å². The number of aromatic nitrogens is 2. The van der Waals surface area contributed by atoms with E-state index in [-0.39, 0.29) is 11.6 Å². The third kappa shape index (κ3) is 3.19. The van der Waals surface area contributed by atoms with Gasteiger partial charge in [0.05, 0.1) is 10.0 Å². The molecule has 0 aliphatic rings. The second-order valence-corrected chi connectivity index (χ2v) is 4.34. The average Bonchev–Trinajstić information content (AvgIpc) is 2.31. The SMILES string of the molecule is FC(F)(F)c1cccc(Nc2ncc(Br)cn2)c1. The number of alkyl halides is 3. The summed E-state index contributed by atoms with van der Waals surface area (Å²) in [6.45, 7) is 0. The average molecular weight is 318 g/mol. The molecule has 0 unspecified atom stereocenters. The Kier molecular flexibility index (Phi) is 3.51. The Morgan fingerprint density at radius 1 is 1.11 bits per heavy atom. The maximum atomic E-state index is 12.5. The van der Waals surface area contributed by atoms with Gasteiger partial charge in [-0.15, -0.1) is 0 Å². The third-order valence-corrected chi connectivity index (χ3v) is 2.48. The maximum Gasteiger partial charge on any atom is 0.416 e. The first-order valence-electron chi connectivity index (χ1n) is 4.87. The van der Waals surface area contributed by atoms with Crippen LogP contribution in [0.1, 0.15) is 5.56 Å². The van der Waals surface area contributed by atoms with Crippen molar-refractivity contribution in [2.75, 3.05) is 5.32 Å². The largest absolute Gasteiger partial charge is 0.416 e. The van der Waals surface area contributed by atoms with Crippen LogP contribution in [-0.2, 0) is 6.18 Å². The second kappa shape index (κ2) is 4.93. The van der Waals surface area contributed by atoms with Crippen LogP contribution in [0.4, 0.5) is 24.8 Å². The van der Waals surface area contributed by atoms with E-state index < -0.39 is 11.7 Å². The lowest BCUT2D eigenvalue weighted by atomic mass is 10.2. The van der Waals surface area contributed by atoms with E-state index in [4.69, 9.17) is 0 Å². The summed E-state index contributed by atoms with van der Waals surface area (Å²) >= 11 is 3.17. The smallest absolute Gasteiger partial charge is 0.324 e. The van der Waals surface area contributed by atoms with Gasteiger partial charge >= 0.3 is 6.18 Å². The molecule has 0 bridgehead atoms. The van der Waals surface area contributed by atoms with Gasteiger partial charge in [-0.05, 0) is 34.1 Å². The van der Waals surface area contributed by atoms with Crippen molar-refractivity contribution in [2.24, 2.45) is 0 Å². The van der Waals surface area contributed by atoms with E-state index in [1.165, 1.54) is 24.5 Å². The van der Waals surface area contributed by atoms with Gasteiger partial charge in [0.15, 0.2) is 0 Å². The summed E-state index contributed by atoms with van der Waals surface area (Å²) in [5, 5.41) is 2.70. The predicted octanol–water partition coefficient (Wildman–Crippen LogP) is 4.00. The molecule has 0 atom stereocenters. The molecule has 1 N–H and O–H groups in total. The van der Waals surface area contributed by atoms with Gasteiger partial charge in [-0.3, -0.25) is 0 Å². The molecule has 18 heavy (non-hydrogen) atoms. The van der Waals surface area contributed by atoms with Crippen molar-refractivity contribution in [3.8, 4) is 0 Å². The Labute approximate surface area is 109 Å². The van der Waals surface area contributed by atoms with Crippen LogP contribution in [-0.4, -0.2) is 9.97 Å². The van der Waals surface area contributed by atoms with E-state index in [9.17, 15) is 13.2 Å². The zero-order chi connectivity index (χ0) is 13.2. The Balaban J connectivity index is 2.22. The Bertz CT molecular complexity index is 540. The van der Waals surface area contributed by atoms with Crippen molar-refractivity contribution in [3.63, 3.8) is 0 Å². The molecule has 94 valence electrons. The molecule has 7 heteroatoms. The molecule has 0 fully saturated rings. The molecule has 0 spiro atoms. The molecule has 0 aliphatic heterocycles. The number of hydrogen-bond acceptors (Lipinski definition) is 3. The van der Waals surface area contributed by atoms with E-state index in [0.29, 0.717) is 4.47 Å². The van der Waals surface area contributed by atoms with Crippen molar-refractivity contribution in [2.45, 2.75) is 6.18 Å². The number of nitrogens with one attached hydrogen (secondary N) is 1. The van der Waals surface area contributed by atoms with E-state index in [0.717, 1.165) is 12.1 Å². The summed E-state index contributed by atoms with van der Waals surface area (Å²) in [5.74, 6) is 0.234. The van der Waals surface area contributed by atoms with Gasteiger partial charge in [0, 0.05) is 18.1 Å². The lowest BCUT2D eigenvalue weighted by Gasteiger charge is -2.09. The first-order valence-corrected chi connectivity index (χ1v) is 5.66. The van der Waals surface area contributed by atoms with E-state index >= 15 is 0 Å². The van der Waals surface area contributed by atoms with Gasteiger partial charge in [0.1, 0.15) is 0 Å². The minimum atomic E-state index is -4.36. The normalized spacial score (nSPS) is 11.3. The van der Waals surface area contributed by atoms with E-state index in [1.54, 1.807) is 0 Å².